The smallest absolute Gasteiger partial charge is 0.129 e. The van der Waals surface area contributed by atoms with Gasteiger partial charge in [0.25, 0.3) is 0 Å². The molecule has 0 heterocycles. The highest BCUT2D eigenvalue weighted by Gasteiger charge is 2.02. The van der Waals surface area contributed by atoms with Gasteiger partial charge in [0.2, 0.25) is 0 Å². The van der Waals surface area contributed by atoms with Crippen molar-refractivity contribution in [3.05, 3.63) is 59.7 Å². The number of benzene rings is 2. The first kappa shape index (κ1) is 14.7. The summed E-state index contributed by atoms with van der Waals surface area (Å²) in [5.41, 5.74) is 3.16. The molecule has 0 bridgehead atoms. The predicted octanol–water partition coefficient (Wildman–Crippen LogP) is 4.76. The summed E-state index contributed by atoms with van der Waals surface area (Å²) in [6.07, 6.45) is 3.56. The maximum Gasteiger partial charge on any atom is 0.129 e. The topological polar surface area (TPSA) is 35.9 Å². The third kappa shape index (κ3) is 4.14. The van der Waals surface area contributed by atoms with Gasteiger partial charge in [0.15, 0.2) is 0 Å². The first-order chi connectivity index (χ1) is 9.69. The van der Waals surface area contributed by atoms with Crippen LogP contribution in [0.15, 0.2) is 53.4 Å². The SMILES string of the molecule is CCCCc1ccc(NC(=N)c2ccc(S)cc2)cc1. The molecule has 2 aromatic rings. The normalized spacial score (nSPS) is 10.3. The zero-order chi connectivity index (χ0) is 14.4. The highest BCUT2D eigenvalue weighted by Crippen LogP contribution is 2.14. The van der Waals surface area contributed by atoms with Gasteiger partial charge in [-0.2, -0.15) is 0 Å². The summed E-state index contributed by atoms with van der Waals surface area (Å²) < 4.78 is 0. The summed E-state index contributed by atoms with van der Waals surface area (Å²) >= 11 is 4.25. The van der Waals surface area contributed by atoms with Crippen LogP contribution in [0.5, 0.6) is 0 Å². The molecule has 0 atom stereocenters. The van der Waals surface area contributed by atoms with Crippen LogP contribution in [-0.2, 0) is 6.42 Å². The molecule has 2 N–H and O–H groups in total. The molecule has 0 radical (unpaired) electrons. The third-order valence-corrected chi connectivity index (χ3v) is 3.50. The summed E-state index contributed by atoms with van der Waals surface area (Å²) in [6.45, 7) is 2.20. The fourth-order valence-corrected chi connectivity index (χ4v) is 2.13. The second-order valence-corrected chi connectivity index (χ2v) is 5.36. The van der Waals surface area contributed by atoms with Crippen LogP contribution in [0.1, 0.15) is 30.9 Å². The summed E-state index contributed by atoms with van der Waals surface area (Å²) in [6, 6.07) is 15.9. The van der Waals surface area contributed by atoms with E-state index in [-0.39, 0.29) is 0 Å². The summed E-state index contributed by atoms with van der Waals surface area (Å²) in [7, 11) is 0. The lowest BCUT2D eigenvalue weighted by Gasteiger charge is -2.09. The molecule has 0 aliphatic carbocycles. The quantitative estimate of drug-likeness (QED) is 0.413. The Morgan fingerprint density at radius 2 is 1.70 bits per heavy atom. The van der Waals surface area contributed by atoms with Crippen LogP contribution < -0.4 is 5.32 Å². The van der Waals surface area contributed by atoms with Crippen molar-refractivity contribution in [3.63, 3.8) is 0 Å². The maximum atomic E-state index is 8.07. The molecule has 0 saturated heterocycles. The van der Waals surface area contributed by atoms with Gasteiger partial charge < -0.3 is 5.32 Å². The Hall–Kier alpha value is -1.74. The highest BCUT2D eigenvalue weighted by atomic mass is 32.1. The van der Waals surface area contributed by atoms with Gasteiger partial charge in [0.1, 0.15) is 5.84 Å². The minimum atomic E-state index is 0.402. The summed E-state index contributed by atoms with van der Waals surface area (Å²) in [5.74, 6) is 0.402. The molecule has 0 saturated carbocycles. The number of rotatable bonds is 5. The van der Waals surface area contributed by atoms with Gasteiger partial charge in [0, 0.05) is 16.1 Å². The van der Waals surface area contributed by atoms with E-state index in [1.807, 2.05) is 36.4 Å². The van der Waals surface area contributed by atoms with Crippen LogP contribution in [0.4, 0.5) is 5.69 Å². The van der Waals surface area contributed by atoms with Crippen molar-refractivity contribution >= 4 is 24.2 Å². The monoisotopic (exact) mass is 284 g/mol. The lowest BCUT2D eigenvalue weighted by molar-refractivity contribution is 0.795. The van der Waals surface area contributed by atoms with Gasteiger partial charge in [-0.1, -0.05) is 37.6 Å². The first-order valence-electron chi connectivity index (χ1n) is 6.93. The van der Waals surface area contributed by atoms with E-state index in [0.29, 0.717) is 5.84 Å². The average molecular weight is 284 g/mol. The van der Waals surface area contributed by atoms with E-state index in [4.69, 9.17) is 5.41 Å². The van der Waals surface area contributed by atoms with Crippen molar-refractivity contribution in [3.8, 4) is 0 Å². The van der Waals surface area contributed by atoms with Crippen molar-refractivity contribution < 1.29 is 0 Å². The second kappa shape index (κ2) is 7.15. The average Bonchev–Trinajstić information content (AvgIpc) is 2.47. The van der Waals surface area contributed by atoms with E-state index >= 15 is 0 Å². The lowest BCUT2D eigenvalue weighted by Crippen LogP contribution is -2.11. The number of unbranched alkanes of at least 4 members (excludes halogenated alkanes) is 1. The Morgan fingerprint density at radius 3 is 2.30 bits per heavy atom. The molecule has 2 nitrogen and oxygen atoms in total. The molecular formula is C17H20N2S. The van der Waals surface area contributed by atoms with E-state index in [0.717, 1.165) is 22.6 Å². The Labute approximate surface area is 126 Å². The standard InChI is InChI=1S/C17H20N2S/c1-2-3-4-13-5-9-15(10-6-13)19-17(18)14-7-11-16(20)12-8-14/h5-12,20H,2-4H2,1H3,(H2,18,19). The summed E-state index contributed by atoms with van der Waals surface area (Å²) in [4.78, 5) is 0.904. The molecule has 0 fully saturated rings. The zero-order valence-electron chi connectivity index (χ0n) is 11.7. The van der Waals surface area contributed by atoms with E-state index in [1.165, 1.54) is 18.4 Å². The number of aryl methyl sites for hydroxylation is 1. The van der Waals surface area contributed by atoms with Gasteiger partial charge in [-0.05, 0) is 42.7 Å². The van der Waals surface area contributed by atoms with Crippen molar-refractivity contribution in [2.75, 3.05) is 5.32 Å². The Bertz CT molecular complexity index is 559. The molecule has 0 spiro atoms. The van der Waals surface area contributed by atoms with Crippen LogP contribution in [0, 0.1) is 5.41 Å². The molecule has 20 heavy (non-hydrogen) atoms. The molecule has 0 aliphatic rings. The van der Waals surface area contributed by atoms with Crippen LogP contribution in [0.3, 0.4) is 0 Å². The predicted molar refractivity (Wildman–Crippen MR) is 89.2 cm³/mol. The number of thiol groups is 1. The maximum absolute atomic E-state index is 8.07. The molecular weight excluding hydrogens is 264 g/mol. The lowest BCUT2D eigenvalue weighted by atomic mass is 10.1. The summed E-state index contributed by atoms with van der Waals surface area (Å²) in [5, 5.41) is 11.2. The first-order valence-corrected chi connectivity index (χ1v) is 7.37. The van der Waals surface area contributed by atoms with Gasteiger partial charge >= 0.3 is 0 Å². The fraction of sp³-hybridized carbons (Fsp3) is 0.235. The third-order valence-electron chi connectivity index (χ3n) is 3.20. The zero-order valence-corrected chi connectivity index (χ0v) is 12.6. The van der Waals surface area contributed by atoms with Gasteiger partial charge in [0.05, 0.1) is 0 Å². The largest absolute Gasteiger partial charge is 0.340 e. The van der Waals surface area contributed by atoms with Crippen LogP contribution in [0.25, 0.3) is 0 Å². The van der Waals surface area contributed by atoms with Crippen molar-refractivity contribution in [1.29, 1.82) is 5.41 Å². The number of anilines is 1. The van der Waals surface area contributed by atoms with Crippen LogP contribution in [-0.4, -0.2) is 5.84 Å². The Morgan fingerprint density at radius 1 is 1.05 bits per heavy atom. The van der Waals surface area contributed by atoms with Crippen molar-refractivity contribution in [2.24, 2.45) is 0 Å². The number of nitrogens with one attached hydrogen (secondary N) is 2. The van der Waals surface area contributed by atoms with E-state index < -0.39 is 0 Å². The highest BCUT2D eigenvalue weighted by molar-refractivity contribution is 7.80. The van der Waals surface area contributed by atoms with Gasteiger partial charge in [-0.25, -0.2) is 0 Å². The molecule has 0 unspecified atom stereocenters. The van der Waals surface area contributed by atoms with Gasteiger partial charge in [-0.3, -0.25) is 5.41 Å². The Balaban J connectivity index is 1.99. The molecule has 0 aliphatic heterocycles. The molecule has 2 aromatic carbocycles. The molecule has 0 amide bonds. The van der Waals surface area contributed by atoms with Crippen LogP contribution in [0.2, 0.25) is 0 Å². The molecule has 2 rings (SSSR count). The second-order valence-electron chi connectivity index (χ2n) is 4.85. The van der Waals surface area contributed by atoms with E-state index in [9.17, 15) is 0 Å². The van der Waals surface area contributed by atoms with Gasteiger partial charge in [-0.15, -0.1) is 12.6 Å². The van der Waals surface area contributed by atoms with E-state index in [1.54, 1.807) is 0 Å². The van der Waals surface area contributed by atoms with Crippen molar-refractivity contribution in [2.45, 2.75) is 31.1 Å². The minimum absolute atomic E-state index is 0.402. The molecule has 0 aromatic heterocycles. The van der Waals surface area contributed by atoms with Crippen molar-refractivity contribution in [1.82, 2.24) is 0 Å². The molecule has 104 valence electrons. The van der Waals surface area contributed by atoms with E-state index in [2.05, 4.69) is 37.0 Å². The molecule has 3 heteroatoms. The number of hydrogen-bond donors (Lipinski definition) is 3. The minimum Gasteiger partial charge on any atom is -0.340 e. The Kier molecular flexibility index (Phi) is 5.24. The number of hydrogen-bond acceptors (Lipinski definition) is 2. The van der Waals surface area contributed by atoms with Crippen LogP contribution >= 0.6 is 12.6 Å². The number of amidine groups is 1. The fourth-order valence-electron chi connectivity index (χ4n) is 1.98.